The third-order valence-corrected chi connectivity index (χ3v) is 21.8. The molecule has 0 spiro atoms. The normalized spacial score (nSPS) is 12.5. The fourth-order valence-corrected chi connectivity index (χ4v) is 14.6. The minimum Gasteiger partial charge on any atom is -0.444 e. The smallest absolute Gasteiger partial charge is 0.407 e. The molecule has 0 unspecified atom stereocenters. The Kier molecular flexibility index (Phi) is 47.2. The first-order chi connectivity index (χ1) is 53.9. The molecular weight excluding hydrogens is 1860 g/mol. The number of thiazole rings is 4. The van der Waals surface area contributed by atoms with E-state index in [1.807, 2.05) is 143 Å². The van der Waals surface area contributed by atoms with Crippen molar-refractivity contribution in [3.63, 3.8) is 0 Å². The lowest BCUT2D eigenvalue weighted by atomic mass is 9.94. The fourth-order valence-electron chi connectivity index (χ4n) is 12.3. The number of nitrogens with one attached hydrogen (secondary N) is 5. The zero-order valence-electron chi connectivity index (χ0n) is 65.1. The number of ether oxygens (including phenoxy) is 3. The molecule has 7 atom stereocenters. The molecule has 0 radical (unpaired) electrons. The van der Waals surface area contributed by atoms with Gasteiger partial charge in [-0.3, -0.25) is 19.7 Å². The standard InChI is InChI=1S/C38H50N6O4S2.C24H29N3O2S.C23H27N3O2S.ClH.I2.HI/c1-26(2)34(42-37(46)43(5)22-31-24-49-35(40-31)27(3)4)36(45)44(6)32(20-29-15-11-8-12-16-29)18-17-30(19-28-13-9-7-10-14-28)41-38(47)48-23-33-21-39-25-50-33;1-25-21(14-19-8-4-2-5-9-19)12-13-22(15-20-10-6-3-7-11-20)27-24(28)29-17-23-16-26-18-30-23;24-20(13-18-7-3-1-4-8-18)11-12-21(14-19-9-5-2-6-10-19)26-23(27)28-16-22-15-25-17-29-22;;1-2;/h7-16,21,24-27,30,32,34H,17-20,22-23H2,1-6H3,(H,41,47)(H,42,46);2-11,16,18,21-22,25H,12-15,17H2,1H3,(H,27,28);1-10,15,17,20-21H,11-14,16,24H2,(H,26,27);1H;;1H/t30-,32-,34+;21-,22-;20-,21-;;;/m111.../s1. The molecule has 0 aliphatic rings. The van der Waals surface area contributed by atoms with Crippen molar-refractivity contribution in [2.24, 2.45) is 11.7 Å². The molecule has 7 N–H and O–H groups in total. The molecule has 20 nitrogen and oxygen atoms in total. The van der Waals surface area contributed by atoms with Crippen LogP contribution in [0, 0.1) is 5.92 Å². The summed E-state index contributed by atoms with van der Waals surface area (Å²) in [6.45, 7) is 9.07. The van der Waals surface area contributed by atoms with Crippen molar-refractivity contribution in [1.82, 2.24) is 56.3 Å². The number of nitrogens with two attached hydrogens (primary N) is 1. The average Bonchev–Trinajstić information content (AvgIpc) is 1.16. The molecule has 10 rings (SSSR count). The van der Waals surface area contributed by atoms with Crippen LogP contribution >= 0.6 is 119 Å². The average molecular weight is 1970 g/mol. The molecule has 0 aliphatic carbocycles. The molecule has 0 bridgehead atoms. The van der Waals surface area contributed by atoms with Gasteiger partial charge < -0.3 is 56.3 Å². The summed E-state index contributed by atoms with van der Waals surface area (Å²) >= 11 is 10.2. The van der Waals surface area contributed by atoms with Gasteiger partial charge in [0.2, 0.25) is 5.91 Å². The largest absolute Gasteiger partial charge is 0.444 e. The quantitative estimate of drug-likeness (QED) is 0.0155. The Morgan fingerprint density at radius 1 is 0.460 bits per heavy atom. The number of carbonyl (C=O) groups excluding carboxylic acids is 5. The van der Waals surface area contributed by atoms with E-state index >= 15 is 0 Å². The van der Waals surface area contributed by atoms with Gasteiger partial charge in [-0.15, -0.1) is 81.7 Å². The number of carbonyl (C=O) groups is 5. The summed E-state index contributed by atoms with van der Waals surface area (Å²) in [6.07, 6.45) is 13.0. The SMILES string of the molecule is CC(C)c1nc(CN(C)C(=O)N[C@H](C(=O)N(C)[C@H](CC[C@H](Cc2ccccc2)NC(=O)OCc2cncs2)Cc2ccccc2)C(C)C)cs1.CN[C@H](CC[C@H](Cc1ccccc1)NC(=O)OCc1cncs1)Cc1ccccc1.Cl.I.II.N[C@H](CC[C@H](Cc1ccccc1)NC(=O)OCc1cncs1)Cc1ccccc1. The van der Waals surface area contributed by atoms with E-state index in [1.54, 1.807) is 63.3 Å². The Morgan fingerprint density at radius 3 is 1.13 bits per heavy atom. The van der Waals surface area contributed by atoms with Crippen molar-refractivity contribution in [3.05, 3.63) is 281 Å². The van der Waals surface area contributed by atoms with Gasteiger partial charge in [-0.05, 0) is 123 Å². The second-order valence-corrected chi connectivity index (χ2v) is 31.5. The monoisotopic (exact) mass is 1970 g/mol. The summed E-state index contributed by atoms with van der Waals surface area (Å²) in [5, 5.41) is 18.6. The van der Waals surface area contributed by atoms with Crippen LogP contribution in [-0.4, -0.2) is 123 Å². The predicted molar refractivity (Wildman–Crippen MR) is 489 cm³/mol. The molecule has 6 amide bonds. The number of halogens is 4. The van der Waals surface area contributed by atoms with Gasteiger partial charge in [0.1, 0.15) is 25.9 Å². The molecule has 0 saturated carbocycles. The van der Waals surface area contributed by atoms with Crippen LogP contribution in [0.3, 0.4) is 0 Å². The van der Waals surface area contributed by atoms with E-state index in [9.17, 15) is 24.0 Å². The third kappa shape index (κ3) is 38.0. The minimum absolute atomic E-state index is 0. The van der Waals surface area contributed by atoms with Crippen LogP contribution in [0.4, 0.5) is 19.2 Å². The van der Waals surface area contributed by atoms with E-state index in [-0.39, 0.29) is 110 Å². The van der Waals surface area contributed by atoms with Crippen molar-refractivity contribution in [3.8, 4) is 0 Å². The Bertz CT molecular complexity index is 4160. The number of amides is 6. The molecule has 0 fully saturated rings. The van der Waals surface area contributed by atoms with Gasteiger partial charge in [0.05, 0.1) is 48.4 Å². The number of hydrogen-bond donors (Lipinski definition) is 6. The summed E-state index contributed by atoms with van der Waals surface area (Å²) in [7, 11) is 5.53. The highest BCUT2D eigenvalue weighted by Gasteiger charge is 2.33. The van der Waals surface area contributed by atoms with Gasteiger partial charge in [0.15, 0.2) is 0 Å². The van der Waals surface area contributed by atoms with Gasteiger partial charge in [-0.1, -0.05) is 210 Å². The number of alkyl carbamates (subject to hydrolysis) is 3. The minimum atomic E-state index is -0.727. The summed E-state index contributed by atoms with van der Waals surface area (Å²) < 4.78 is 16.2. The first kappa shape index (κ1) is 96.4. The Labute approximate surface area is 730 Å². The second kappa shape index (κ2) is 55.4. The summed E-state index contributed by atoms with van der Waals surface area (Å²) in [5.74, 6) is 0.0184. The van der Waals surface area contributed by atoms with Crippen LogP contribution in [0.15, 0.2) is 222 Å². The maximum atomic E-state index is 14.2. The lowest BCUT2D eigenvalue weighted by Gasteiger charge is -2.34. The highest BCUT2D eigenvalue weighted by molar-refractivity contribution is 15.0. The summed E-state index contributed by atoms with van der Waals surface area (Å²) in [6, 6.07) is 60.1. The fraction of sp³-hybridized carbons (Fsp3) is 0.376. The van der Waals surface area contributed by atoms with Crippen LogP contribution in [-0.2, 0) is 83.9 Å². The molecule has 608 valence electrons. The van der Waals surface area contributed by atoms with Crippen molar-refractivity contribution in [2.75, 3.05) is 21.1 Å². The third-order valence-electron chi connectivity index (χ3n) is 18.3. The zero-order chi connectivity index (χ0) is 79.4. The van der Waals surface area contributed by atoms with Crippen LogP contribution in [0.1, 0.15) is 131 Å². The lowest BCUT2D eigenvalue weighted by molar-refractivity contribution is -0.135. The van der Waals surface area contributed by atoms with Gasteiger partial charge >= 0.3 is 24.3 Å². The molecule has 6 aromatic carbocycles. The van der Waals surface area contributed by atoms with Gasteiger partial charge in [0, 0.05) is 117 Å². The number of aromatic nitrogens is 4. The first-order valence-electron chi connectivity index (χ1n) is 37.4. The van der Waals surface area contributed by atoms with E-state index in [0.717, 1.165) is 87.8 Å². The van der Waals surface area contributed by atoms with E-state index in [2.05, 4.69) is 170 Å². The van der Waals surface area contributed by atoms with E-state index < -0.39 is 18.2 Å². The molecule has 4 heterocycles. The van der Waals surface area contributed by atoms with Crippen molar-refractivity contribution in [2.45, 2.75) is 179 Å². The number of benzene rings is 6. The number of nitrogens with zero attached hydrogens (tertiary/aromatic N) is 6. The predicted octanol–water partition coefficient (Wildman–Crippen LogP) is 19.0. The van der Waals surface area contributed by atoms with Crippen molar-refractivity contribution < 1.29 is 38.2 Å². The molecule has 113 heavy (non-hydrogen) atoms. The maximum Gasteiger partial charge on any atom is 0.407 e. The van der Waals surface area contributed by atoms with Gasteiger partial charge in [-0.25, -0.2) is 24.2 Å². The lowest BCUT2D eigenvalue weighted by Crippen LogP contribution is -2.55. The molecule has 10 aromatic rings. The number of likely N-dealkylation sites (N-methyl/N-ethyl adjacent to an activating group) is 2. The Balaban J connectivity index is 0.000000313. The zero-order valence-corrected chi connectivity index (χ0v) is 75.8. The van der Waals surface area contributed by atoms with Crippen LogP contribution < -0.4 is 32.3 Å². The topological polar surface area (TPSA) is 257 Å². The summed E-state index contributed by atoms with van der Waals surface area (Å²) in [4.78, 5) is 88.0. The van der Waals surface area contributed by atoms with E-state index in [0.29, 0.717) is 44.2 Å². The molecule has 28 heteroatoms. The van der Waals surface area contributed by atoms with Crippen LogP contribution in [0.25, 0.3) is 0 Å². The molecule has 4 aromatic heterocycles. The number of hydrogen-bond acceptors (Lipinski definition) is 18. The molecule has 0 saturated heterocycles. The van der Waals surface area contributed by atoms with Crippen LogP contribution in [0.2, 0.25) is 0 Å². The Hall–Kier alpha value is -7.21. The summed E-state index contributed by atoms with van der Waals surface area (Å²) in [5.41, 5.74) is 19.5. The molecular formula is C85H108ClI3N12O8S4. The highest BCUT2D eigenvalue weighted by Crippen LogP contribution is 2.24. The number of rotatable bonds is 38. The van der Waals surface area contributed by atoms with E-state index in [1.165, 1.54) is 56.3 Å². The maximum absolute atomic E-state index is 14.2. The number of urea groups is 1. The molecule has 0 aliphatic heterocycles. The van der Waals surface area contributed by atoms with E-state index in [4.69, 9.17) is 19.9 Å². The Morgan fingerprint density at radius 2 is 0.796 bits per heavy atom. The van der Waals surface area contributed by atoms with Gasteiger partial charge in [-0.2, -0.15) is 0 Å². The van der Waals surface area contributed by atoms with Crippen LogP contribution in [0.5, 0.6) is 0 Å². The van der Waals surface area contributed by atoms with Crippen molar-refractivity contribution in [1.29, 1.82) is 0 Å². The highest BCUT2D eigenvalue weighted by atomic mass is 128. The van der Waals surface area contributed by atoms with Crippen molar-refractivity contribution >= 4 is 149 Å². The second-order valence-electron chi connectivity index (χ2n) is 27.7. The first-order valence-corrected chi connectivity index (χ1v) is 47.2. The van der Waals surface area contributed by atoms with Gasteiger partial charge in [0.25, 0.3) is 0 Å².